The van der Waals surface area contributed by atoms with Crippen LogP contribution in [0, 0.1) is 0 Å². The number of halogens is 2. The van der Waals surface area contributed by atoms with E-state index in [1.165, 1.54) is 4.88 Å². The van der Waals surface area contributed by atoms with Gasteiger partial charge in [-0.2, -0.15) is 0 Å². The fourth-order valence-electron chi connectivity index (χ4n) is 1.67. The van der Waals surface area contributed by atoms with Crippen molar-refractivity contribution < 1.29 is 4.74 Å². The molecule has 0 fully saturated rings. The molecule has 1 heterocycles. The van der Waals surface area contributed by atoms with Gasteiger partial charge in [-0.05, 0) is 46.1 Å². The fourth-order valence-corrected chi connectivity index (χ4v) is 3.28. The maximum Gasteiger partial charge on any atom is 0.125 e. The first-order valence-corrected chi connectivity index (χ1v) is 8.10. The summed E-state index contributed by atoms with van der Waals surface area (Å²) < 4.78 is 6.99. The van der Waals surface area contributed by atoms with Crippen LogP contribution in [0.2, 0.25) is 5.02 Å². The minimum Gasteiger partial charge on any atom is -0.488 e. The van der Waals surface area contributed by atoms with Gasteiger partial charge in [0.1, 0.15) is 12.4 Å². The third-order valence-corrected chi connectivity index (χ3v) is 4.93. The molecule has 102 valence electrons. The van der Waals surface area contributed by atoms with Gasteiger partial charge in [-0.3, -0.25) is 0 Å². The van der Waals surface area contributed by atoms with Crippen molar-refractivity contribution >= 4 is 38.9 Å². The van der Waals surface area contributed by atoms with Crippen LogP contribution in [-0.2, 0) is 13.2 Å². The van der Waals surface area contributed by atoms with E-state index in [-0.39, 0.29) is 0 Å². The Morgan fingerprint density at radius 2 is 2.21 bits per heavy atom. The zero-order chi connectivity index (χ0) is 13.7. The van der Waals surface area contributed by atoms with E-state index in [0.29, 0.717) is 6.61 Å². The predicted octanol–water partition coefficient (Wildman–Crippen LogP) is 4.85. The second kappa shape index (κ2) is 7.29. The van der Waals surface area contributed by atoms with Crippen molar-refractivity contribution in [2.45, 2.75) is 20.1 Å². The first-order chi connectivity index (χ1) is 9.22. The van der Waals surface area contributed by atoms with Gasteiger partial charge in [0.15, 0.2) is 0 Å². The highest BCUT2D eigenvalue weighted by Crippen LogP contribution is 2.29. The third kappa shape index (κ3) is 3.96. The summed E-state index contributed by atoms with van der Waals surface area (Å²) in [6.07, 6.45) is 0. The molecule has 0 bridgehead atoms. The number of hydrogen-bond acceptors (Lipinski definition) is 3. The molecule has 2 aromatic rings. The van der Waals surface area contributed by atoms with E-state index in [4.69, 9.17) is 16.3 Å². The van der Waals surface area contributed by atoms with Gasteiger partial charge in [0.05, 0.1) is 4.88 Å². The largest absolute Gasteiger partial charge is 0.488 e. The minimum atomic E-state index is 0.553. The van der Waals surface area contributed by atoms with Crippen LogP contribution in [0.3, 0.4) is 0 Å². The molecule has 0 spiro atoms. The number of ether oxygens (including phenoxy) is 1. The van der Waals surface area contributed by atoms with Crippen LogP contribution in [0.1, 0.15) is 17.4 Å². The quantitative estimate of drug-likeness (QED) is 0.795. The molecule has 1 aromatic carbocycles. The van der Waals surface area contributed by atoms with Crippen molar-refractivity contribution in [3.63, 3.8) is 0 Å². The monoisotopic (exact) mass is 359 g/mol. The SMILES string of the molecule is CCNCc1c(Cl)cccc1OCc1sccc1Br. The van der Waals surface area contributed by atoms with E-state index < -0.39 is 0 Å². The van der Waals surface area contributed by atoms with Crippen LogP contribution in [0.5, 0.6) is 5.75 Å². The predicted molar refractivity (Wildman–Crippen MR) is 85.2 cm³/mol. The van der Waals surface area contributed by atoms with E-state index in [2.05, 4.69) is 28.2 Å². The van der Waals surface area contributed by atoms with Gasteiger partial charge in [0.2, 0.25) is 0 Å². The second-order valence-electron chi connectivity index (χ2n) is 3.98. The Labute approximate surface area is 130 Å². The van der Waals surface area contributed by atoms with Crippen LogP contribution in [-0.4, -0.2) is 6.54 Å². The van der Waals surface area contributed by atoms with Crippen molar-refractivity contribution in [2.75, 3.05) is 6.54 Å². The van der Waals surface area contributed by atoms with Crippen molar-refractivity contribution in [3.8, 4) is 5.75 Å². The fraction of sp³-hybridized carbons (Fsp3) is 0.286. The van der Waals surface area contributed by atoms with Crippen molar-refractivity contribution in [3.05, 3.63) is 49.6 Å². The Morgan fingerprint density at radius 3 is 2.89 bits per heavy atom. The molecule has 0 aliphatic carbocycles. The summed E-state index contributed by atoms with van der Waals surface area (Å²) >= 11 is 11.4. The van der Waals surface area contributed by atoms with Crippen molar-refractivity contribution in [1.29, 1.82) is 0 Å². The molecule has 0 amide bonds. The Bertz CT molecular complexity index is 544. The van der Waals surface area contributed by atoms with Crippen LogP contribution < -0.4 is 10.1 Å². The molecule has 0 aliphatic heterocycles. The molecule has 2 rings (SSSR count). The summed E-state index contributed by atoms with van der Waals surface area (Å²) in [5, 5.41) is 6.06. The van der Waals surface area contributed by atoms with E-state index in [0.717, 1.165) is 33.9 Å². The molecule has 0 saturated heterocycles. The van der Waals surface area contributed by atoms with Crippen molar-refractivity contribution in [1.82, 2.24) is 5.32 Å². The lowest BCUT2D eigenvalue weighted by molar-refractivity contribution is 0.305. The first kappa shape index (κ1) is 14.9. The maximum absolute atomic E-state index is 6.23. The summed E-state index contributed by atoms with van der Waals surface area (Å²) in [4.78, 5) is 1.18. The number of thiophene rings is 1. The molecule has 0 aliphatic rings. The second-order valence-corrected chi connectivity index (χ2v) is 6.24. The molecule has 2 nitrogen and oxygen atoms in total. The highest BCUT2D eigenvalue weighted by molar-refractivity contribution is 9.10. The summed E-state index contributed by atoms with van der Waals surface area (Å²) in [5.41, 5.74) is 1.01. The van der Waals surface area contributed by atoms with E-state index >= 15 is 0 Å². The lowest BCUT2D eigenvalue weighted by atomic mass is 10.2. The zero-order valence-corrected chi connectivity index (χ0v) is 13.7. The summed E-state index contributed by atoms with van der Waals surface area (Å²) in [7, 11) is 0. The Morgan fingerprint density at radius 1 is 1.37 bits per heavy atom. The van der Waals surface area contributed by atoms with E-state index in [1.54, 1.807) is 11.3 Å². The number of benzene rings is 1. The molecule has 5 heteroatoms. The van der Waals surface area contributed by atoms with Gasteiger partial charge in [0.25, 0.3) is 0 Å². The lowest BCUT2D eigenvalue weighted by Gasteiger charge is -2.13. The van der Waals surface area contributed by atoms with Crippen LogP contribution in [0.25, 0.3) is 0 Å². The molecule has 1 aromatic heterocycles. The average molecular weight is 361 g/mol. The number of nitrogens with one attached hydrogen (secondary N) is 1. The standard InChI is InChI=1S/C14H15BrClNOS/c1-2-17-8-10-12(16)4-3-5-13(10)18-9-14-11(15)6-7-19-14/h3-7,17H,2,8-9H2,1H3. The average Bonchev–Trinajstić information content (AvgIpc) is 2.81. The van der Waals surface area contributed by atoms with Gasteiger partial charge in [0, 0.05) is 21.6 Å². The molecule has 0 atom stereocenters. The highest BCUT2D eigenvalue weighted by atomic mass is 79.9. The smallest absolute Gasteiger partial charge is 0.125 e. The Hall–Kier alpha value is -0.550. The summed E-state index contributed by atoms with van der Waals surface area (Å²) in [6.45, 7) is 4.25. The molecule has 1 N–H and O–H groups in total. The normalized spacial score (nSPS) is 10.7. The number of rotatable bonds is 6. The van der Waals surface area contributed by atoms with Gasteiger partial charge < -0.3 is 10.1 Å². The summed E-state index contributed by atoms with van der Waals surface area (Å²) in [6, 6.07) is 7.79. The maximum atomic E-state index is 6.23. The Balaban J connectivity index is 2.11. The highest BCUT2D eigenvalue weighted by Gasteiger charge is 2.09. The van der Waals surface area contributed by atoms with Crippen LogP contribution in [0.4, 0.5) is 0 Å². The van der Waals surface area contributed by atoms with Crippen LogP contribution in [0.15, 0.2) is 34.1 Å². The zero-order valence-electron chi connectivity index (χ0n) is 10.6. The van der Waals surface area contributed by atoms with Gasteiger partial charge in [-0.15, -0.1) is 11.3 Å². The van der Waals surface area contributed by atoms with Gasteiger partial charge >= 0.3 is 0 Å². The first-order valence-electron chi connectivity index (χ1n) is 6.05. The van der Waals surface area contributed by atoms with Gasteiger partial charge in [-0.25, -0.2) is 0 Å². The minimum absolute atomic E-state index is 0.553. The molecule has 19 heavy (non-hydrogen) atoms. The van der Waals surface area contributed by atoms with E-state index in [1.807, 2.05) is 29.6 Å². The lowest BCUT2D eigenvalue weighted by Crippen LogP contribution is -2.13. The topological polar surface area (TPSA) is 21.3 Å². The molecule has 0 unspecified atom stereocenters. The van der Waals surface area contributed by atoms with E-state index in [9.17, 15) is 0 Å². The van der Waals surface area contributed by atoms with Crippen molar-refractivity contribution in [2.24, 2.45) is 0 Å². The Kier molecular flexibility index (Phi) is 5.70. The molecular formula is C14H15BrClNOS. The van der Waals surface area contributed by atoms with Crippen LogP contribution >= 0.6 is 38.9 Å². The molecular weight excluding hydrogens is 346 g/mol. The third-order valence-electron chi connectivity index (χ3n) is 2.68. The number of hydrogen-bond donors (Lipinski definition) is 1. The van der Waals surface area contributed by atoms with Gasteiger partial charge in [-0.1, -0.05) is 24.6 Å². The molecule has 0 radical (unpaired) electrons. The molecule has 0 saturated carbocycles. The summed E-state index contributed by atoms with van der Waals surface area (Å²) in [5.74, 6) is 0.841.